The van der Waals surface area contributed by atoms with E-state index in [9.17, 15) is 19.2 Å². The first kappa shape index (κ1) is 21.8. The van der Waals surface area contributed by atoms with Gasteiger partial charge in [-0.3, -0.25) is 14.4 Å². The molecule has 0 saturated carbocycles. The SMILES string of the molecule is CC(NC(=O)CCCCC1CCSS1)C(=O)N[C@@H](C=O)CCC(=O)O. The van der Waals surface area contributed by atoms with Crippen molar-refractivity contribution >= 4 is 45.7 Å². The third-order valence-electron chi connectivity index (χ3n) is 3.84. The summed E-state index contributed by atoms with van der Waals surface area (Å²) in [5, 5.41) is 14.4. The fourth-order valence-electron chi connectivity index (χ4n) is 2.36. The number of carbonyl (C=O) groups is 4. The summed E-state index contributed by atoms with van der Waals surface area (Å²) in [6.07, 6.45) is 4.84. The molecule has 0 aromatic carbocycles. The fourth-order valence-corrected chi connectivity index (χ4v) is 5.39. The second-order valence-electron chi connectivity index (χ2n) is 6.05. The number of nitrogens with one attached hydrogen (secondary N) is 2. The minimum atomic E-state index is -1.03. The molecule has 0 radical (unpaired) electrons. The van der Waals surface area contributed by atoms with Crippen molar-refractivity contribution in [2.45, 2.75) is 69.2 Å². The van der Waals surface area contributed by atoms with Gasteiger partial charge in [0.15, 0.2) is 0 Å². The lowest BCUT2D eigenvalue weighted by atomic mass is 10.1. The van der Waals surface area contributed by atoms with E-state index in [0.717, 1.165) is 19.3 Å². The van der Waals surface area contributed by atoms with Crippen molar-refractivity contribution in [3.05, 3.63) is 0 Å². The highest BCUT2D eigenvalue weighted by atomic mass is 33.1. The molecule has 1 aliphatic rings. The van der Waals surface area contributed by atoms with Gasteiger partial charge in [0.05, 0.1) is 6.04 Å². The van der Waals surface area contributed by atoms with Crippen LogP contribution in [0.3, 0.4) is 0 Å². The second-order valence-corrected chi connectivity index (χ2v) is 8.83. The number of hydrogen-bond donors (Lipinski definition) is 3. The van der Waals surface area contributed by atoms with E-state index >= 15 is 0 Å². The molecular weight excluding hydrogens is 364 g/mol. The Kier molecular flexibility index (Phi) is 10.6. The Hall–Kier alpha value is -1.22. The molecule has 1 rings (SSSR count). The van der Waals surface area contributed by atoms with Crippen LogP contribution in [0.4, 0.5) is 0 Å². The van der Waals surface area contributed by atoms with Gasteiger partial charge in [-0.05, 0) is 32.6 Å². The number of rotatable bonds is 12. The topological polar surface area (TPSA) is 113 Å². The van der Waals surface area contributed by atoms with Crippen LogP contribution in [-0.2, 0) is 19.2 Å². The monoisotopic (exact) mass is 390 g/mol. The third-order valence-corrected chi connectivity index (χ3v) is 6.85. The smallest absolute Gasteiger partial charge is 0.303 e. The third kappa shape index (κ3) is 9.74. The first-order chi connectivity index (χ1) is 11.9. The Morgan fingerprint density at radius 3 is 2.60 bits per heavy atom. The average Bonchev–Trinajstić information content (AvgIpc) is 3.08. The molecule has 1 heterocycles. The van der Waals surface area contributed by atoms with E-state index in [1.165, 1.54) is 12.2 Å². The van der Waals surface area contributed by atoms with Crippen LogP contribution in [0.2, 0.25) is 0 Å². The fraction of sp³-hybridized carbons (Fsp3) is 0.750. The lowest BCUT2D eigenvalue weighted by Gasteiger charge is -2.17. The Balaban J connectivity index is 2.19. The van der Waals surface area contributed by atoms with E-state index in [1.807, 2.05) is 21.6 Å². The van der Waals surface area contributed by atoms with E-state index in [-0.39, 0.29) is 18.7 Å². The number of carbonyl (C=O) groups excluding carboxylic acids is 3. The van der Waals surface area contributed by atoms with Crippen LogP contribution in [0.25, 0.3) is 0 Å². The maximum atomic E-state index is 12.0. The second kappa shape index (κ2) is 12.2. The minimum absolute atomic E-state index is 0.0305. The number of aliphatic carboxylic acids is 1. The predicted octanol–water partition coefficient (Wildman–Crippen LogP) is 1.75. The molecule has 0 aromatic heterocycles. The Bertz CT molecular complexity index is 469. The van der Waals surface area contributed by atoms with Crippen LogP contribution in [-0.4, -0.2) is 52.3 Å². The molecular formula is C16H26N2O5S2. The van der Waals surface area contributed by atoms with Gasteiger partial charge in [-0.1, -0.05) is 28.0 Å². The number of hydrogen-bond acceptors (Lipinski definition) is 6. The van der Waals surface area contributed by atoms with Gasteiger partial charge in [0.2, 0.25) is 11.8 Å². The average molecular weight is 391 g/mol. The summed E-state index contributed by atoms with van der Waals surface area (Å²) >= 11 is 0. The molecule has 9 heteroatoms. The molecule has 2 unspecified atom stereocenters. The van der Waals surface area contributed by atoms with Gasteiger partial charge < -0.3 is 20.5 Å². The number of aldehydes is 1. The van der Waals surface area contributed by atoms with Crippen LogP contribution in [0.5, 0.6) is 0 Å². The molecule has 25 heavy (non-hydrogen) atoms. The summed E-state index contributed by atoms with van der Waals surface area (Å²) in [5.41, 5.74) is 0. The number of unbranched alkanes of at least 4 members (excludes halogenated alkanes) is 1. The summed E-state index contributed by atoms with van der Waals surface area (Å²) in [6.45, 7) is 1.54. The lowest BCUT2D eigenvalue weighted by Crippen LogP contribution is -2.48. The van der Waals surface area contributed by atoms with Gasteiger partial charge in [0.1, 0.15) is 12.3 Å². The molecule has 3 N–H and O–H groups in total. The molecule has 3 atom stereocenters. The molecule has 0 bridgehead atoms. The predicted molar refractivity (Wildman–Crippen MR) is 99.4 cm³/mol. The molecule has 1 fully saturated rings. The molecule has 1 saturated heterocycles. The van der Waals surface area contributed by atoms with Crippen molar-refractivity contribution in [1.82, 2.24) is 10.6 Å². The van der Waals surface area contributed by atoms with E-state index in [0.29, 0.717) is 18.0 Å². The van der Waals surface area contributed by atoms with Crippen molar-refractivity contribution in [2.75, 3.05) is 5.75 Å². The summed E-state index contributed by atoms with van der Waals surface area (Å²) in [7, 11) is 3.83. The maximum absolute atomic E-state index is 12.0. The zero-order chi connectivity index (χ0) is 18.7. The summed E-state index contributed by atoms with van der Waals surface area (Å²) in [4.78, 5) is 45.2. The Labute approximate surface area is 155 Å². The Morgan fingerprint density at radius 1 is 1.24 bits per heavy atom. The number of carboxylic acids is 1. The molecule has 7 nitrogen and oxygen atoms in total. The first-order valence-electron chi connectivity index (χ1n) is 8.47. The van der Waals surface area contributed by atoms with E-state index in [4.69, 9.17) is 5.11 Å². The summed E-state index contributed by atoms with van der Waals surface area (Å²) in [5.74, 6) is -0.506. The zero-order valence-corrected chi connectivity index (χ0v) is 16.0. The van der Waals surface area contributed by atoms with Crippen LogP contribution in [0.1, 0.15) is 51.9 Å². The van der Waals surface area contributed by atoms with Gasteiger partial charge >= 0.3 is 5.97 Å². The molecule has 0 aliphatic carbocycles. The minimum Gasteiger partial charge on any atom is -0.481 e. The highest BCUT2D eigenvalue weighted by Crippen LogP contribution is 2.39. The van der Waals surface area contributed by atoms with Crippen LogP contribution >= 0.6 is 21.6 Å². The van der Waals surface area contributed by atoms with Crippen LogP contribution in [0, 0.1) is 0 Å². The quantitative estimate of drug-likeness (QED) is 0.264. The van der Waals surface area contributed by atoms with E-state index < -0.39 is 24.0 Å². The van der Waals surface area contributed by atoms with Crippen molar-refractivity contribution in [2.24, 2.45) is 0 Å². The van der Waals surface area contributed by atoms with Crippen LogP contribution < -0.4 is 10.6 Å². The zero-order valence-electron chi connectivity index (χ0n) is 14.4. The Morgan fingerprint density at radius 2 is 2.00 bits per heavy atom. The molecule has 0 spiro atoms. The van der Waals surface area contributed by atoms with Gasteiger partial charge in [-0.15, -0.1) is 0 Å². The summed E-state index contributed by atoms with van der Waals surface area (Å²) in [6, 6.07) is -1.62. The number of amides is 2. The van der Waals surface area contributed by atoms with Crippen molar-refractivity contribution < 1.29 is 24.3 Å². The highest BCUT2D eigenvalue weighted by Gasteiger charge is 2.20. The maximum Gasteiger partial charge on any atom is 0.303 e. The normalized spacial score (nSPS) is 19.0. The van der Waals surface area contributed by atoms with E-state index in [2.05, 4.69) is 10.6 Å². The molecule has 0 aromatic rings. The molecule has 142 valence electrons. The standard InChI is InChI=1S/C16H26N2O5S2/c1-11(16(23)18-12(10-19)6-7-15(21)22)17-14(20)5-3-2-4-13-8-9-24-25-13/h10-13H,2-9H2,1H3,(H,17,20)(H,18,23)(H,21,22)/t11?,12-,13?/m1/s1. The number of carboxylic acid groups (broad SMARTS) is 1. The van der Waals surface area contributed by atoms with E-state index in [1.54, 1.807) is 6.92 Å². The lowest BCUT2D eigenvalue weighted by molar-refractivity contribution is -0.137. The van der Waals surface area contributed by atoms with Crippen molar-refractivity contribution in [1.29, 1.82) is 0 Å². The molecule has 1 aliphatic heterocycles. The largest absolute Gasteiger partial charge is 0.481 e. The highest BCUT2D eigenvalue weighted by molar-refractivity contribution is 8.77. The van der Waals surface area contributed by atoms with Gasteiger partial charge in [-0.2, -0.15) is 0 Å². The van der Waals surface area contributed by atoms with Crippen molar-refractivity contribution in [3.8, 4) is 0 Å². The van der Waals surface area contributed by atoms with Crippen LogP contribution in [0.15, 0.2) is 0 Å². The molecule has 2 amide bonds. The van der Waals surface area contributed by atoms with Gasteiger partial charge in [-0.25, -0.2) is 0 Å². The van der Waals surface area contributed by atoms with Gasteiger partial charge in [0, 0.05) is 23.8 Å². The summed E-state index contributed by atoms with van der Waals surface area (Å²) < 4.78 is 0. The van der Waals surface area contributed by atoms with Gasteiger partial charge in [0.25, 0.3) is 0 Å². The first-order valence-corrected chi connectivity index (χ1v) is 10.9. The van der Waals surface area contributed by atoms with Crippen molar-refractivity contribution in [3.63, 3.8) is 0 Å².